The van der Waals surface area contributed by atoms with Crippen molar-refractivity contribution in [3.8, 4) is 5.75 Å². The molecule has 1 unspecified atom stereocenters. The van der Waals surface area contributed by atoms with E-state index in [0.29, 0.717) is 0 Å². The fourth-order valence-corrected chi connectivity index (χ4v) is 2.45. The van der Waals surface area contributed by atoms with Crippen LogP contribution >= 0.6 is 0 Å². The highest BCUT2D eigenvalue weighted by Crippen LogP contribution is 2.27. The molecule has 0 spiro atoms. The van der Waals surface area contributed by atoms with E-state index in [0.717, 1.165) is 31.9 Å². The highest BCUT2D eigenvalue weighted by Gasteiger charge is 2.14. The standard InChI is InChI=1S/C17H25NO2/c1-14-7-6-8-15(13-18-11-12-19-2)17(14)20-16-9-4-3-5-10-16/h4,6-9,16,18H,3,5,10-13H2,1-2H3. The van der Waals surface area contributed by atoms with Crippen LogP contribution in [0.5, 0.6) is 5.75 Å². The minimum absolute atomic E-state index is 0.225. The van der Waals surface area contributed by atoms with E-state index in [1.807, 2.05) is 0 Å². The monoisotopic (exact) mass is 275 g/mol. The SMILES string of the molecule is COCCNCc1cccc(C)c1OC1C=CCCC1. The Hall–Kier alpha value is -1.32. The van der Waals surface area contributed by atoms with Crippen molar-refractivity contribution in [2.45, 2.75) is 38.8 Å². The Morgan fingerprint density at radius 2 is 2.25 bits per heavy atom. The lowest BCUT2D eigenvalue weighted by molar-refractivity contribution is 0.198. The van der Waals surface area contributed by atoms with Gasteiger partial charge in [-0.25, -0.2) is 0 Å². The Bertz CT molecular complexity index is 443. The van der Waals surface area contributed by atoms with Gasteiger partial charge < -0.3 is 14.8 Å². The van der Waals surface area contributed by atoms with Crippen LogP contribution in [-0.4, -0.2) is 26.4 Å². The molecule has 1 N–H and O–H groups in total. The quantitative estimate of drug-likeness (QED) is 0.612. The smallest absolute Gasteiger partial charge is 0.127 e. The van der Waals surface area contributed by atoms with E-state index in [4.69, 9.17) is 9.47 Å². The molecule has 1 aromatic rings. The zero-order valence-corrected chi connectivity index (χ0v) is 12.5. The minimum atomic E-state index is 0.225. The Morgan fingerprint density at radius 3 is 3.00 bits per heavy atom. The Morgan fingerprint density at radius 1 is 1.35 bits per heavy atom. The number of methoxy groups -OCH3 is 1. The molecular weight excluding hydrogens is 250 g/mol. The van der Waals surface area contributed by atoms with Gasteiger partial charge in [0.2, 0.25) is 0 Å². The second-order valence-electron chi connectivity index (χ2n) is 5.25. The van der Waals surface area contributed by atoms with Gasteiger partial charge in [0.15, 0.2) is 0 Å². The van der Waals surface area contributed by atoms with Crippen molar-refractivity contribution >= 4 is 0 Å². The zero-order chi connectivity index (χ0) is 14.2. The number of benzene rings is 1. The Kier molecular flexibility index (Phi) is 6.09. The third-order valence-electron chi connectivity index (χ3n) is 3.57. The van der Waals surface area contributed by atoms with E-state index < -0.39 is 0 Å². The normalized spacial score (nSPS) is 18.2. The summed E-state index contributed by atoms with van der Waals surface area (Å²) in [7, 11) is 1.72. The van der Waals surface area contributed by atoms with Gasteiger partial charge in [-0.05, 0) is 37.8 Å². The van der Waals surface area contributed by atoms with Crippen molar-refractivity contribution in [2.24, 2.45) is 0 Å². The summed E-state index contributed by atoms with van der Waals surface area (Å²) in [5.74, 6) is 1.04. The van der Waals surface area contributed by atoms with Crippen molar-refractivity contribution < 1.29 is 9.47 Å². The lowest BCUT2D eigenvalue weighted by Crippen LogP contribution is -2.21. The van der Waals surface area contributed by atoms with Gasteiger partial charge in [0.05, 0.1) is 6.61 Å². The highest BCUT2D eigenvalue weighted by atomic mass is 16.5. The fraction of sp³-hybridized carbons (Fsp3) is 0.529. The highest BCUT2D eigenvalue weighted by molar-refractivity contribution is 5.41. The van der Waals surface area contributed by atoms with Gasteiger partial charge in [0.25, 0.3) is 0 Å². The second-order valence-corrected chi connectivity index (χ2v) is 5.25. The number of rotatable bonds is 7. The molecule has 0 amide bonds. The molecule has 110 valence electrons. The largest absolute Gasteiger partial charge is 0.486 e. The van der Waals surface area contributed by atoms with Gasteiger partial charge in [-0.2, -0.15) is 0 Å². The maximum Gasteiger partial charge on any atom is 0.127 e. The first-order chi connectivity index (χ1) is 9.81. The molecule has 1 atom stereocenters. The van der Waals surface area contributed by atoms with Gasteiger partial charge in [0.1, 0.15) is 11.9 Å². The summed E-state index contributed by atoms with van der Waals surface area (Å²) in [6.45, 7) is 4.51. The van der Waals surface area contributed by atoms with Crippen LogP contribution in [0, 0.1) is 6.92 Å². The molecule has 0 saturated heterocycles. The van der Waals surface area contributed by atoms with Gasteiger partial charge in [0, 0.05) is 25.8 Å². The summed E-state index contributed by atoms with van der Waals surface area (Å²) in [4.78, 5) is 0. The van der Waals surface area contributed by atoms with E-state index in [1.54, 1.807) is 7.11 Å². The zero-order valence-electron chi connectivity index (χ0n) is 12.5. The molecule has 0 saturated carbocycles. The number of nitrogens with one attached hydrogen (secondary N) is 1. The average Bonchev–Trinajstić information content (AvgIpc) is 2.48. The predicted molar refractivity (Wildman–Crippen MR) is 82.2 cm³/mol. The first kappa shape index (κ1) is 15.1. The minimum Gasteiger partial charge on any atom is -0.486 e. The molecule has 0 aromatic heterocycles. The van der Waals surface area contributed by atoms with Crippen LogP contribution in [0.25, 0.3) is 0 Å². The summed E-state index contributed by atoms with van der Waals surface area (Å²) in [6.07, 6.45) is 8.15. The maximum absolute atomic E-state index is 6.22. The number of hydrogen-bond acceptors (Lipinski definition) is 3. The summed E-state index contributed by atoms with van der Waals surface area (Å²) >= 11 is 0. The van der Waals surface area contributed by atoms with Gasteiger partial charge in [-0.3, -0.25) is 0 Å². The van der Waals surface area contributed by atoms with Crippen LogP contribution in [0.2, 0.25) is 0 Å². The topological polar surface area (TPSA) is 30.5 Å². The third-order valence-corrected chi connectivity index (χ3v) is 3.57. The maximum atomic E-state index is 6.22. The Labute approximate surface area is 122 Å². The molecule has 0 radical (unpaired) electrons. The predicted octanol–water partition coefficient (Wildman–Crippen LogP) is 3.22. The van der Waals surface area contributed by atoms with Crippen molar-refractivity contribution in [3.63, 3.8) is 0 Å². The second kappa shape index (κ2) is 8.08. The molecular formula is C17H25NO2. The van der Waals surface area contributed by atoms with E-state index in [1.165, 1.54) is 24.0 Å². The lowest BCUT2D eigenvalue weighted by atomic mass is 10.0. The number of allylic oxidation sites excluding steroid dienone is 1. The van der Waals surface area contributed by atoms with E-state index in [-0.39, 0.29) is 6.10 Å². The van der Waals surface area contributed by atoms with Crippen molar-refractivity contribution in [1.82, 2.24) is 5.32 Å². The number of para-hydroxylation sites is 1. The van der Waals surface area contributed by atoms with Gasteiger partial charge in [-0.1, -0.05) is 24.3 Å². The summed E-state index contributed by atoms with van der Waals surface area (Å²) in [5.41, 5.74) is 2.43. The van der Waals surface area contributed by atoms with Crippen LogP contribution in [-0.2, 0) is 11.3 Å². The third kappa shape index (κ3) is 4.36. The molecule has 0 bridgehead atoms. The molecule has 1 aromatic carbocycles. The molecule has 0 aliphatic heterocycles. The fourth-order valence-electron chi connectivity index (χ4n) is 2.45. The van der Waals surface area contributed by atoms with Crippen molar-refractivity contribution in [3.05, 3.63) is 41.5 Å². The van der Waals surface area contributed by atoms with E-state index >= 15 is 0 Å². The Balaban J connectivity index is 2.01. The number of ether oxygens (including phenoxy) is 2. The molecule has 2 rings (SSSR count). The summed E-state index contributed by atoms with van der Waals surface area (Å²) in [6, 6.07) is 6.33. The van der Waals surface area contributed by atoms with Crippen LogP contribution in [0.3, 0.4) is 0 Å². The van der Waals surface area contributed by atoms with Crippen molar-refractivity contribution in [2.75, 3.05) is 20.3 Å². The molecule has 3 heteroatoms. The van der Waals surface area contributed by atoms with Gasteiger partial charge in [-0.15, -0.1) is 0 Å². The molecule has 0 heterocycles. The molecule has 1 aliphatic carbocycles. The van der Waals surface area contributed by atoms with Crippen LogP contribution in [0.1, 0.15) is 30.4 Å². The van der Waals surface area contributed by atoms with E-state index in [9.17, 15) is 0 Å². The molecule has 1 aliphatic rings. The molecule has 20 heavy (non-hydrogen) atoms. The van der Waals surface area contributed by atoms with Crippen LogP contribution < -0.4 is 10.1 Å². The van der Waals surface area contributed by atoms with Crippen LogP contribution in [0.15, 0.2) is 30.4 Å². The number of aryl methyl sites for hydroxylation is 1. The van der Waals surface area contributed by atoms with Crippen LogP contribution in [0.4, 0.5) is 0 Å². The first-order valence-electron chi connectivity index (χ1n) is 7.42. The first-order valence-corrected chi connectivity index (χ1v) is 7.42. The van der Waals surface area contributed by atoms with Gasteiger partial charge >= 0.3 is 0 Å². The average molecular weight is 275 g/mol. The summed E-state index contributed by atoms with van der Waals surface area (Å²) < 4.78 is 11.3. The molecule has 3 nitrogen and oxygen atoms in total. The molecule has 0 fully saturated rings. The van der Waals surface area contributed by atoms with E-state index in [2.05, 4.69) is 42.6 Å². The lowest BCUT2D eigenvalue weighted by Gasteiger charge is -2.22. The van der Waals surface area contributed by atoms with Crippen molar-refractivity contribution in [1.29, 1.82) is 0 Å². The number of hydrogen-bond donors (Lipinski definition) is 1. The summed E-state index contributed by atoms with van der Waals surface area (Å²) in [5, 5.41) is 3.38.